The molecule has 0 saturated carbocycles. The minimum absolute atomic E-state index is 0.0805. The summed E-state index contributed by atoms with van der Waals surface area (Å²) in [6.45, 7) is 5.42. The first kappa shape index (κ1) is 32.6. The second-order valence-electron chi connectivity index (χ2n) is 23.0. The van der Waals surface area contributed by atoms with Crippen molar-refractivity contribution in [1.82, 2.24) is 4.57 Å². The number of hydrogen-bond acceptors (Lipinski definition) is 2. The number of anilines is 3. The summed E-state index contributed by atoms with van der Waals surface area (Å²) in [5.74, 6) is 0.272. The van der Waals surface area contributed by atoms with Crippen LogP contribution >= 0.6 is 0 Å². The summed E-state index contributed by atoms with van der Waals surface area (Å²) in [5, 5.41) is -0.389. The molecular weight excluding hydrogens is 1050 g/mol. The van der Waals surface area contributed by atoms with Crippen LogP contribution in [0.1, 0.15) is 80.1 Å². The molecule has 14 aromatic rings. The Labute approximate surface area is 541 Å². The lowest BCUT2D eigenvalue weighted by Crippen LogP contribution is -2.59. The van der Waals surface area contributed by atoms with Crippen LogP contribution in [0.4, 0.5) is 17.1 Å². The lowest BCUT2D eigenvalue weighted by molar-refractivity contribution is 0.487. The van der Waals surface area contributed by atoms with E-state index < -0.39 is 157 Å². The van der Waals surface area contributed by atoms with E-state index in [0.717, 1.165) is 16.7 Å². The number of fused-ring (bicyclic) bond motifs is 10. The summed E-state index contributed by atoms with van der Waals surface area (Å²) >= 11 is 0. The van der Waals surface area contributed by atoms with Crippen molar-refractivity contribution in [2.45, 2.75) is 31.6 Å². The van der Waals surface area contributed by atoms with E-state index in [9.17, 15) is 21.9 Å². The minimum atomic E-state index is -2.30. The van der Waals surface area contributed by atoms with E-state index in [0.29, 0.717) is 66.8 Å². The molecule has 0 amide bonds. The second kappa shape index (κ2) is 19.7. The molecule has 3 heterocycles. The molecule has 3 aliphatic rings. The molecule has 13 aromatic carbocycles. The van der Waals surface area contributed by atoms with E-state index in [-0.39, 0.29) is 72.4 Å². The Hall–Kier alpha value is -10.7. The quantitative estimate of drug-likeness (QED) is 0.141. The van der Waals surface area contributed by atoms with E-state index in [1.807, 2.05) is 78.9 Å². The summed E-state index contributed by atoms with van der Waals surface area (Å²) in [6.07, 6.45) is 0. The summed E-state index contributed by atoms with van der Waals surface area (Å²) < 4.78 is 224. The average Bonchev–Trinajstić information content (AvgIpc) is 1.45. The van der Waals surface area contributed by atoms with Crippen LogP contribution in [-0.4, -0.2) is 11.3 Å². The van der Waals surface area contributed by atoms with Gasteiger partial charge in [-0.3, -0.25) is 0 Å². The van der Waals surface area contributed by atoms with Gasteiger partial charge in [0.1, 0.15) is 11.5 Å². The first-order valence-corrected chi connectivity index (χ1v) is 28.5. The van der Waals surface area contributed by atoms with E-state index in [1.54, 1.807) is 72.8 Å². The van der Waals surface area contributed by atoms with Gasteiger partial charge in [-0.15, -0.1) is 0 Å². The molecule has 0 spiro atoms. The maximum Gasteiger partial charge on any atom is 0.256 e. The zero-order valence-corrected chi connectivity index (χ0v) is 47.0. The Morgan fingerprint density at radius 1 is 0.414 bits per heavy atom. The van der Waals surface area contributed by atoms with Gasteiger partial charge in [-0.05, 0) is 137 Å². The van der Waals surface area contributed by atoms with Gasteiger partial charge in [0.2, 0.25) is 0 Å². The highest BCUT2D eigenvalue weighted by Crippen LogP contribution is 2.60. The third kappa shape index (κ3) is 7.77. The maximum absolute atomic E-state index is 9.99. The normalized spacial score (nSPS) is 17.1. The van der Waals surface area contributed by atoms with Gasteiger partial charge in [-0.25, -0.2) is 0 Å². The molecule has 2 aliphatic heterocycles. The van der Waals surface area contributed by atoms with Crippen LogP contribution in [-0.2, 0) is 10.8 Å². The smallest absolute Gasteiger partial charge is 0.256 e. The Morgan fingerprint density at radius 3 is 1.61 bits per heavy atom. The highest BCUT2D eigenvalue weighted by atomic mass is 16.5. The van der Waals surface area contributed by atoms with Crippen LogP contribution in [0, 0.1) is 0 Å². The number of ether oxygens (including phenoxy) is 1. The summed E-state index contributed by atoms with van der Waals surface area (Å²) in [5.41, 5.74) is 5.12. The fourth-order valence-electron chi connectivity index (χ4n) is 13.6. The van der Waals surface area contributed by atoms with Crippen molar-refractivity contribution in [3.8, 4) is 72.8 Å². The first-order valence-electron chi connectivity index (χ1n) is 40.0. The van der Waals surface area contributed by atoms with Crippen LogP contribution < -0.4 is 26.0 Å². The molecule has 0 radical (unpaired) electrons. The van der Waals surface area contributed by atoms with Gasteiger partial charge in [-0.2, -0.15) is 0 Å². The molecule has 0 unspecified atom stereocenters. The molecule has 1 aromatic heterocycles. The van der Waals surface area contributed by atoms with Crippen molar-refractivity contribution in [2.24, 2.45) is 0 Å². The standard InChI is InChI=1S/C83H59BN2O/c1-82(2,3)61-50-68(55-28-11-5-12-29-55)81(69(51-61)56-30-13-6-14-31-56)86-75-48-58(63-39-25-40-67-64-36-19-22-41-70(64)83(79(63)67,59-32-15-7-16-33-59)60-34-17-8-18-35-60)45-46-71(75)84-72-47-44-57(54-26-9-4-10-27-54)49-77(72)87-78-53-62(52-76(86)80(78)84)85-73-42-23-20-37-65(73)66-38-21-24-43-74(66)85/h4-53H,1-3H3/i4D,7D,8D,9D,10D,15D,16D,17D,18D,20D,21D,23D,24D,26D,27D,32D,33D,34D,35D,37D,38D,42D,43D. The van der Waals surface area contributed by atoms with Gasteiger partial charge in [0.25, 0.3) is 6.71 Å². The molecular formula is C83H59BN2O. The molecule has 0 atom stereocenters. The van der Waals surface area contributed by atoms with Gasteiger partial charge in [0.05, 0.1) is 59.4 Å². The SMILES string of the molecule is [2H]c1c([2H])c([2H])c(-c2ccc3c(c2)Oc2cc(-n4c5c([2H])c([2H])c([2H])c([2H])c5c5c([2H])c([2H])c([2H])c([2H])c54)cc4c2B3c2ccc(-c3cccc5c3C(c3c([2H])c([2H])c([2H])c([2H])c3[2H])(c3c([2H])c([2H])c([2H])c([2H])c3[2H])c3ccccc3-5)cc2N4c2c(-c3ccccc3)cc(C(C)(C)C)cc2-c2ccccc2)c([2H])c1[2H]. The van der Waals surface area contributed by atoms with E-state index in [4.69, 9.17) is 14.3 Å². The third-order valence-electron chi connectivity index (χ3n) is 17.3. The van der Waals surface area contributed by atoms with Gasteiger partial charge >= 0.3 is 0 Å². The van der Waals surface area contributed by atoms with E-state index in [2.05, 4.69) is 37.8 Å². The predicted molar refractivity (Wildman–Crippen MR) is 364 cm³/mol. The zero-order valence-electron chi connectivity index (χ0n) is 70.0. The third-order valence-corrected chi connectivity index (χ3v) is 17.3. The van der Waals surface area contributed by atoms with E-state index >= 15 is 0 Å². The molecule has 0 saturated heterocycles. The summed E-state index contributed by atoms with van der Waals surface area (Å²) in [4.78, 5) is 2.07. The predicted octanol–water partition coefficient (Wildman–Crippen LogP) is 19.5. The topological polar surface area (TPSA) is 17.4 Å². The van der Waals surface area contributed by atoms with Gasteiger partial charge < -0.3 is 14.2 Å². The largest absolute Gasteiger partial charge is 0.458 e. The van der Waals surface area contributed by atoms with Crippen molar-refractivity contribution in [3.05, 3.63) is 331 Å². The lowest BCUT2D eigenvalue weighted by Gasteiger charge is -2.42. The molecule has 0 fully saturated rings. The number of nitrogens with zero attached hydrogens (tertiary/aromatic N) is 2. The van der Waals surface area contributed by atoms with Crippen molar-refractivity contribution in [2.75, 3.05) is 4.90 Å². The monoisotopic (exact) mass is 1130 g/mol. The maximum atomic E-state index is 9.99. The van der Waals surface area contributed by atoms with Crippen LogP contribution in [0.25, 0.3) is 83.1 Å². The van der Waals surface area contributed by atoms with Gasteiger partial charge in [0, 0.05) is 39.3 Å². The fraction of sp³-hybridized carbons (Fsp3) is 0.0602. The number of rotatable bonds is 8. The molecule has 87 heavy (non-hydrogen) atoms. The molecule has 0 N–H and O–H groups in total. The number of benzene rings is 13. The Kier molecular flexibility index (Phi) is 7.37. The first-order chi connectivity index (χ1) is 52.3. The van der Waals surface area contributed by atoms with Crippen molar-refractivity contribution < 1.29 is 36.3 Å². The summed E-state index contributed by atoms with van der Waals surface area (Å²) in [7, 11) is 0. The van der Waals surface area contributed by atoms with Crippen LogP contribution in [0.5, 0.6) is 11.5 Å². The number of aromatic nitrogens is 1. The van der Waals surface area contributed by atoms with Crippen LogP contribution in [0.3, 0.4) is 0 Å². The Bertz CT molecular complexity index is 6200. The molecule has 4 heteroatoms. The lowest BCUT2D eigenvalue weighted by atomic mass is 9.34. The van der Waals surface area contributed by atoms with Crippen molar-refractivity contribution in [1.29, 1.82) is 0 Å². The molecule has 17 rings (SSSR count). The van der Waals surface area contributed by atoms with Crippen molar-refractivity contribution in [3.63, 3.8) is 0 Å². The van der Waals surface area contributed by atoms with Crippen LogP contribution in [0.2, 0.25) is 0 Å². The molecule has 410 valence electrons. The van der Waals surface area contributed by atoms with Gasteiger partial charge in [0.15, 0.2) is 0 Å². The Balaban J connectivity index is 1.08. The molecule has 3 nitrogen and oxygen atoms in total. The summed E-state index contributed by atoms with van der Waals surface area (Å²) in [6, 6.07) is 35.3. The highest BCUT2D eigenvalue weighted by Gasteiger charge is 2.49. The van der Waals surface area contributed by atoms with Crippen LogP contribution in [0.15, 0.2) is 303 Å². The minimum Gasteiger partial charge on any atom is -0.458 e. The number of para-hydroxylation sites is 2. The highest BCUT2D eigenvalue weighted by molar-refractivity contribution is 6.99. The zero-order chi connectivity index (χ0) is 78.0. The van der Waals surface area contributed by atoms with E-state index in [1.165, 1.54) is 4.57 Å². The molecule has 0 bridgehead atoms. The van der Waals surface area contributed by atoms with Crippen molar-refractivity contribution >= 4 is 62.0 Å². The molecule has 1 aliphatic carbocycles. The second-order valence-corrected chi connectivity index (χ2v) is 23.0. The average molecular weight is 1130 g/mol. The Morgan fingerprint density at radius 2 is 0.966 bits per heavy atom. The fourth-order valence-corrected chi connectivity index (χ4v) is 13.6. The number of hydrogen-bond donors (Lipinski definition) is 0. The van der Waals surface area contributed by atoms with Gasteiger partial charge in [-0.1, -0.05) is 275 Å².